The van der Waals surface area contributed by atoms with Gasteiger partial charge in [0.1, 0.15) is 6.07 Å². The second-order valence-corrected chi connectivity index (χ2v) is 5.17. The highest BCUT2D eigenvalue weighted by Crippen LogP contribution is 2.24. The Morgan fingerprint density at radius 3 is 2.45 bits per heavy atom. The van der Waals surface area contributed by atoms with Gasteiger partial charge in [0.25, 0.3) is 0 Å². The molecular formula is C17H17ClN2. The molecule has 20 heavy (non-hydrogen) atoms. The normalized spacial score (nSPS) is 11.7. The summed E-state index contributed by atoms with van der Waals surface area (Å²) in [7, 11) is 0. The minimum absolute atomic E-state index is 0.185. The van der Waals surface area contributed by atoms with Crippen molar-refractivity contribution in [3.8, 4) is 6.07 Å². The summed E-state index contributed by atoms with van der Waals surface area (Å²) in [4.78, 5) is 0. The van der Waals surface area contributed by atoms with Crippen LogP contribution in [0.4, 0.5) is 5.69 Å². The molecule has 0 aliphatic rings. The van der Waals surface area contributed by atoms with Crippen LogP contribution in [0, 0.1) is 11.3 Å². The minimum Gasteiger partial charge on any atom is -0.378 e. The molecule has 0 heterocycles. The van der Waals surface area contributed by atoms with Gasteiger partial charge in [-0.05, 0) is 42.7 Å². The van der Waals surface area contributed by atoms with Crippen molar-refractivity contribution in [1.82, 2.24) is 0 Å². The molecule has 1 unspecified atom stereocenters. The minimum atomic E-state index is 0.185. The molecule has 2 aromatic carbocycles. The molecular weight excluding hydrogens is 268 g/mol. The summed E-state index contributed by atoms with van der Waals surface area (Å²) in [5, 5.41) is 12.7. The first-order valence-corrected chi connectivity index (χ1v) is 7.07. The molecule has 2 rings (SSSR count). The molecule has 0 aromatic heterocycles. The fourth-order valence-electron chi connectivity index (χ4n) is 2.07. The Morgan fingerprint density at radius 2 is 1.90 bits per heavy atom. The van der Waals surface area contributed by atoms with E-state index in [0.717, 1.165) is 12.1 Å². The molecule has 0 fully saturated rings. The summed E-state index contributed by atoms with van der Waals surface area (Å²) in [5.74, 6) is 0. The van der Waals surface area contributed by atoms with Crippen LogP contribution in [0.15, 0.2) is 42.5 Å². The molecule has 2 aromatic rings. The third-order valence-electron chi connectivity index (χ3n) is 3.36. The van der Waals surface area contributed by atoms with Crippen molar-refractivity contribution in [1.29, 1.82) is 5.26 Å². The zero-order valence-corrected chi connectivity index (χ0v) is 12.4. The topological polar surface area (TPSA) is 35.8 Å². The highest BCUT2D eigenvalue weighted by molar-refractivity contribution is 6.32. The Kier molecular flexibility index (Phi) is 4.65. The first-order valence-electron chi connectivity index (χ1n) is 6.69. The Morgan fingerprint density at radius 1 is 1.20 bits per heavy atom. The van der Waals surface area contributed by atoms with Crippen LogP contribution in [0.2, 0.25) is 5.02 Å². The highest BCUT2D eigenvalue weighted by atomic mass is 35.5. The lowest BCUT2D eigenvalue weighted by molar-refractivity contribution is 0.883. The number of nitriles is 1. The van der Waals surface area contributed by atoms with Crippen molar-refractivity contribution in [2.45, 2.75) is 26.3 Å². The van der Waals surface area contributed by atoms with E-state index >= 15 is 0 Å². The summed E-state index contributed by atoms with van der Waals surface area (Å²) in [6.45, 7) is 4.25. The van der Waals surface area contributed by atoms with E-state index in [2.05, 4.69) is 49.5 Å². The van der Waals surface area contributed by atoms with Crippen LogP contribution < -0.4 is 5.32 Å². The Balaban J connectivity index is 2.12. The third-order valence-corrected chi connectivity index (χ3v) is 3.67. The quantitative estimate of drug-likeness (QED) is 0.862. The summed E-state index contributed by atoms with van der Waals surface area (Å²) < 4.78 is 0. The molecule has 1 N–H and O–H groups in total. The van der Waals surface area contributed by atoms with E-state index < -0.39 is 0 Å². The molecule has 0 saturated carbocycles. The molecule has 0 amide bonds. The standard InChI is InChI=1S/C17H17ClN2/c1-3-13-4-6-14(7-5-13)12(2)20-16-9-8-15(11-19)17(18)10-16/h4-10,12,20H,3H2,1-2H3. The fourth-order valence-corrected chi connectivity index (χ4v) is 2.29. The van der Waals surface area contributed by atoms with Crippen molar-refractivity contribution in [2.75, 3.05) is 5.32 Å². The molecule has 0 spiro atoms. The lowest BCUT2D eigenvalue weighted by atomic mass is 10.0. The number of anilines is 1. The van der Waals surface area contributed by atoms with Gasteiger partial charge in [0, 0.05) is 11.7 Å². The zero-order chi connectivity index (χ0) is 14.5. The molecule has 2 nitrogen and oxygen atoms in total. The summed E-state index contributed by atoms with van der Waals surface area (Å²) in [6, 6.07) is 16.2. The van der Waals surface area contributed by atoms with Crippen molar-refractivity contribution in [3.05, 3.63) is 64.2 Å². The second kappa shape index (κ2) is 6.45. The lowest BCUT2D eigenvalue weighted by Crippen LogP contribution is -2.06. The number of benzene rings is 2. The van der Waals surface area contributed by atoms with Gasteiger partial charge < -0.3 is 5.32 Å². The van der Waals surface area contributed by atoms with E-state index in [0.29, 0.717) is 10.6 Å². The molecule has 0 aliphatic heterocycles. The maximum atomic E-state index is 8.86. The Hall–Kier alpha value is -1.98. The number of nitrogens with zero attached hydrogens (tertiary/aromatic N) is 1. The fraction of sp³-hybridized carbons (Fsp3) is 0.235. The molecule has 3 heteroatoms. The van der Waals surface area contributed by atoms with Gasteiger partial charge in [-0.1, -0.05) is 42.8 Å². The van der Waals surface area contributed by atoms with Gasteiger partial charge in [0.05, 0.1) is 10.6 Å². The van der Waals surface area contributed by atoms with Gasteiger partial charge in [0.2, 0.25) is 0 Å². The number of nitrogens with one attached hydrogen (secondary N) is 1. The SMILES string of the molecule is CCc1ccc(C(C)Nc2ccc(C#N)c(Cl)c2)cc1. The molecule has 0 radical (unpaired) electrons. The monoisotopic (exact) mass is 284 g/mol. The van der Waals surface area contributed by atoms with Crippen molar-refractivity contribution >= 4 is 17.3 Å². The van der Waals surface area contributed by atoms with Crippen LogP contribution in [0.3, 0.4) is 0 Å². The Labute approximate surface area is 125 Å². The van der Waals surface area contributed by atoms with E-state index in [9.17, 15) is 0 Å². The predicted molar refractivity (Wildman–Crippen MR) is 84.0 cm³/mol. The van der Waals surface area contributed by atoms with Gasteiger partial charge in [-0.3, -0.25) is 0 Å². The summed E-state index contributed by atoms with van der Waals surface area (Å²) >= 11 is 6.04. The van der Waals surface area contributed by atoms with Crippen LogP contribution >= 0.6 is 11.6 Å². The summed E-state index contributed by atoms with van der Waals surface area (Å²) in [6.07, 6.45) is 1.05. The lowest BCUT2D eigenvalue weighted by Gasteiger charge is -2.16. The maximum absolute atomic E-state index is 8.86. The van der Waals surface area contributed by atoms with Crippen LogP contribution in [-0.4, -0.2) is 0 Å². The van der Waals surface area contributed by atoms with Gasteiger partial charge in [-0.15, -0.1) is 0 Å². The summed E-state index contributed by atoms with van der Waals surface area (Å²) in [5.41, 5.74) is 3.98. The van der Waals surface area contributed by atoms with Crippen LogP contribution in [0.1, 0.15) is 36.6 Å². The number of hydrogen-bond donors (Lipinski definition) is 1. The molecule has 0 saturated heterocycles. The second-order valence-electron chi connectivity index (χ2n) is 4.77. The van der Waals surface area contributed by atoms with Crippen LogP contribution in [-0.2, 0) is 6.42 Å². The average molecular weight is 285 g/mol. The van der Waals surface area contributed by atoms with Crippen molar-refractivity contribution in [3.63, 3.8) is 0 Å². The smallest absolute Gasteiger partial charge is 0.101 e. The van der Waals surface area contributed by atoms with Crippen molar-refractivity contribution < 1.29 is 0 Å². The van der Waals surface area contributed by atoms with E-state index in [1.807, 2.05) is 6.07 Å². The van der Waals surface area contributed by atoms with Gasteiger partial charge in [-0.2, -0.15) is 5.26 Å². The first-order chi connectivity index (χ1) is 9.63. The van der Waals surface area contributed by atoms with Crippen LogP contribution in [0.5, 0.6) is 0 Å². The van der Waals surface area contributed by atoms with E-state index in [-0.39, 0.29) is 6.04 Å². The van der Waals surface area contributed by atoms with Crippen LogP contribution in [0.25, 0.3) is 0 Å². The maximum Gasteiger partial charge on any atom is 0.101 e. The number of rotatable bonds is 4. The van der Waals surface area contributed by atoms with E-state index in [1.165, 1.54) is 11.1 Å². The van der Waals surface area contributed by atoms with Gasteiger partial charge in [-0.25, -0.2) is 0 Å². The average Bonchev–Trinajstić information content (AvgIpc) is 2.47. The first kappa shape index (κ1) is 14.4. The number of halogens is 1. The number of hydrogen-bond acceptors (Lipinski definition) is 2. The van der Waals surface area contributed by atoms with E-state index in [4.69, 9.17) is 16.9 Å². The number of aryl methyl sites for hydroxylation is 1. The molecule has 0 aliphatic carbocycles. The third kappa shape index (κ3) is 3.31. The molecule has 102 valence electrons. The van der Waals surface area contributed by atoms with Crippen molar-refractivity contribution in [2.24, 2.45) is 0 Å². The zero-order valence-electron chi connectivity index (χ0n) is 11.7. The van der Waals surface area contributed by atoms with E-state index in [1.54, 1.807) is 12.1 Å². The molecule has 1 atom stereocenters. The van der Waals surface area contributed by atoms with Gasteiger partial charge in [0.15, 0.2) is 0 Å². The highest BCUT2D eigenvalue weighted by Gasteiger charge is 2.07. The molecule has 0 bridgehead atoms. The predicted octanol–water partition coefficient (Wildman–Crippen LogP) is 4.95. The Bertz CT molecular complexity index is 626. The largest absolute Gasteiger partial charge is 0.378 e. The van der Waals surface area contributed by atoms with Gasteiger partial charge >= 0.3 is 0 Å².